The van der Waals surface area contributed by atoms with Gasteiger partial charge in [-0.25, -0.2) is 0 Å². The molecule has 0 amide bonds. The number of benzene rings is 1. The smallest absolute Gasteiger partial charge is 0.132 e. The number of thioether (sulfide) groups is 1. The van der Waals surface area contributed by atoms with Gasteiger partial charge in [0.1, 0.15) is 11.5 Å². The molecular weight excluding hydrogens is 270 g/mol. The topological polar surface area (TPSA) is 44.5 Å². The van der Waals surface area contributed by atoms with Crippen molar-refractivity contribution in [3.63, 3.8) is 0 Å². The van der Waals surface area contributed by atoms with Crippen molar-refractivity contribution in [2.24, 2.45) is 5.73 Å². The van der Waals surface area contributed by atoms with Gasteiger partial charge in [0.15, 0.2) is 0 Å². The van der Waals surface area contributed by atoms with Gasteiger partial charge < -0.3 is 15.2 Å². The molecule has 100 valence electrons. The summed E-state index contributed by atoms with van der Waals surface area (Å²) < 4.78 is 10.7. The summed E-state index contributed by atoms with van der Waals surface area (Å²) in [5.41, 5.74) is 6.62. The molecule has 0 aliphatic heterocycles. The molecule has 1 aromatic carbocycles. The highest BCUT2D eigenvalue weighted by Gasteiger charge is 2.10. The largest absolute Gasteiger partial charge is 0.496 e. The fourth-order valence-electron chi connectivity index (χ4n) is 1.52. The number of terminal acetylenes is 1. The fourth-order valence-corrected chi connectivity index (χ4v) is 2.23. The normalized spacial score (nSPS) is 9.22. The summed E-state index contributed by atoms with van der Waals surface area (Å²) >= 11 is 1.56. The van der Waals surface area contributed by atoms with Crippen molar-refractivity contribution < 1.29 is 9.47 Å². The molecule has 0 bridgehead atoms. The number of hydrogen-bond donors (Lipinski definition) is 1. The lowest BCUT2D eigenvalue weighted by atomic mass is 10.1. The summed E-state index contributed by atoms with van der Waals surface area (Å²) in [7, 11) is 3.30. The highest BCUT2D eigenvalue weighted by molar-refractivity contribution is 7.99. The van der Waals surface area contributed by atoms with Gasteiger partial charge in [0, 0.05) is 0 Å². The highest BCUT2D eigenvalue weighted by Crippen LogP contribution is 2.35. The number of methoxy groups -OCH3 is 2. The van der Waals surface area contributed by atoms with Crippen molar-refractivity contribution in [3.05, 3.63) is 17.7 Å². The molecule has 0 unspecified atom stereocenters. The Morgan fingerprint density at radius 2 is 1.94 bits per heavy atom. The van der Waals surface area contributed by atoms with Crippen LogP contribution in [0.1, 0.15) is 5.56 Å². The zero-order valence-corrected chi connectivity index (χ0v) is 12.2. The molecule has 0 atom stereocenters. The lowest BCUT2D eigenvalue weighted by molar-refractivity contribution is 0.390. The first-order valence-corrected chi connectivity index (χ1v) is 6.26. The van der Waals surface area contributed by atoms with Crippen molar-refractivity contribution in [1.82, 2.24) is 0 Å². The Morgan fingerprint density at radius 3 is 2.44 bits per heavy atom. The van der Waals surface area contributed by atoms with Crippen LogP contribution < -0.4 is 15.2 Å². The number of halogens is 1. The molecule has 0 saturated carbocycles. The first-order valence-electron chi connectivity index (χ1n) is 5.28. The summed E-state index contributed by atoms with van der Waals surface area (Å²) in [6.07, 6.45) is 6.02. The lowest BCUT2D eigenvalue weighted by Crippen LogP contribution is -2.05. The summed E-state index contributed by atoms with van der Waals surface area (Å²) in [4.78, 5) is 0.989. The van der Waals surface area contributed by atoms with Gasteiger partial charge in [0.2, 0.25) is 0 Å². The molecule has 0 spiro atoms. The van der Waals surface area contributed by atoms with Gasteiger partial charge in [-0.15, -0.1) is 30.6 Å². The van der Waals surface area contributed by atoms with E-state index in [1.54, 1.807) is 26.0 Å². The Bertz CT molecular complexity index is 418. The third-order valence-corrected chi connectivity index (χ3v) is 3.23. The summed E-state index contributed by atoms with van der Waals surface area (Å²) in [6, 6.07) is 3.91. The van der Waals surface area contributed by atoms with Crippen molar-refractivity contribution in [2.75, 3.05) is 26.5 Å². The van der Waals surface area contributed by atoms with Crippen LogP contribution in [0.15, 0.2) is 17.0 Å². The molecule has 0 fully saturated rings. The van der Waals surface area contributed by atoms with E-state index in [2.05, 4.69) is 5.92 Å². The summed E-state index contributed by atoms with van der Waals surface area (Å²) in [5, 5.41) is 0. The monoisotopic (exact) mass is 287 g/mol. The van der Waals surface area contributed by atoms with Crippen LogP contribution in [0, 0.1) is 12.3 Å². The third-order valence-electron chi connectivity index (χ3n) is 2.29. The number of hydrogen-bond acceptors (Lipinski definition) is 4. The Hall–Kier alpha value is -1.02. The molecule has 1 aromatic rings. The minimum Gasteiger partial charge on any atom is -0.496 e. The van der Waals surface area contributed by atoms with Crippen LogP contribution in [-0.2, 0) is 6.42 Å². The van der Waals surface area contributed by atoms with Gasteiger partial charge in [-0.05, 0) is 30.7 Å². The van der Waals surface area contributed by atoms with Crippen molar-refractivity contribution in [3.8, 4) is 23.8 Å². The SMILES string of the molecule is C#CCSc1cc(OC)c(CCN)cc1OC.Cl. The zero-order valence-electron chi connectivity index (χ0n) is 10.6. The molecule has 1 rings (SSSR count). The minimum atomic E-state index is 0. The van der Waals surface area contributed by atoms with E-state index in [-0.39, 0.29) is 12.4 Å². The Kier molecular flexibility index (Phi) is 8.47. The van der Waals surface area contributed by atoms with Crippen molar-refractivity contribution >= 4 is 24.2 Å². The summed E-state index contributed by atoms with van der Waals surface area (Å²) in [6.45, 7) is 0.580. The van der Waals surface area contributed by atoms with E-state index in [1.807, 2.05) is 12.1 Å². The van der Waals surface area contributed by atoms with E-state index in [1.165, 1.54) is 0 Å². The van der Waals surface area contributed by atoms with Crippen LogP contribution in [0.3, 0.4) is 0 Å². The van der Waals surface area contributed by atoms with Crippen molar-refractivity contribution in [2.45, 2.75) is 11.3 Å². The quantitative estimate of drug-likeness (QED) is 0.644. The van der Waals surface area contributed by atoms with E-state index in [0.29, 0.717) is 12.3 Å². The third kappa shape index (κ3) is 4.34. The fraction of sp³-hybridized carbons (Fsp3) is 0.385. The summed E-state index contributed by atoms with van der Waals surface area (Å²) in [5.74, 6) is 4.84. The van der Waals surface area contributed by atoms with Crippen LogP contribution in [0.25, 0.3) is 0 Å². The molecule has 5 heteroatoms. The van der Waals surface area contributed by atoms with Gasteiger partial charge in [-0.1, -0.05) is 5.92 Å². The first-order chi connectivity index (χ1) is 8.26. The Labute approximate surface area is 119 Å². The maximum absolute atomic E-state index is 5.57. The van der Waals surface area contributed by atoms with Crippen LogP contribution in [0.5, 0.6) is 11.5 Å². The predicted molar refractivity (Wildman–Crippen MR) is 79.1 cm³/mol. The molecular formula is C13H18ClNO2S. The molecule has 0 heterocycles. The Balaban J connectivity index is 0.00000289. The average Bonchev–Trinajstić information content (AvgIpc) is 2.36. The average molecular weight is 288 g/mol. The molecule has 0 aliphatic carbocycles. The second kappa shape index (κ2) is 8.98. The van der Waals surface area contributed by atoms with Gasteiger partial charge in [-0.3, -0.25) is 0 Å². The molecule has 2 N–H and O–H groups in total. The van der Waals surface area contributed by atoms with Crippen LogP contribution in [0.4, 0.5) is 0 Å². The van der Waals surface area contributed by atoms with Gasteiger partial charge in [0.05, 0.1) is 24.9 Å². The van der Waals surface area contributed by atoms with E-state index in [9.17, 15) is 0 Å². The molecule has 0 radical (unpaired) electrons. The van der Waals surface area contributed by atoms with E-state index in [4.69, 9.17) is 21.6 Å². The lowest BCUT2D eigenvalue weighted by Gasteiger charge is -2.13. The van der Waals surface area contributed by atoms with Crippen LogP contribution in [-0.4, -0.2) is 26.5 Å². The van der Waals surface area contributed by atoms with Gasteiger partial charge in [-0.2, -0.15) is 0 Å². The van der Waals surface area contributed by atoms with Crippen LogP contribution >= 0.6 is 24.2 Å². The van der Waals surface area contributed by atoms with Gasteiger partial charge in [0.25, 0.3) is 0 Å². The molecule has 18 heavy (non-hydrogen) atoms. The second-order valence-electron chi connectivity index (χ2n) is 3.35. The first kappa shape index (κ1) is 17.0. The second-order valence-corrected chi connectivity index (χ2v) is 4.36. The number of nitrogens with two attached hydrogens (primary N) is 1. The zero-order chi connectivity index (χ0) is 12.7. The maximum atomic E-state index is 5.57. The molecule has 0 saturated heterocycles. The number of rotatable bonds is 6. The molecule has 0 aliphatic rings. The molecule has 0 aromatic heterocycles. The van der Waals surface area contributed by atoms with Gasteiger partial charge >= 0.3 is 0 Å². The standard InChI is InChI=1S/C13H17NO2S.ClH/c1-4-7-17-13-9-11(15-2)10(5-6-14)8-12(13)16-3;/h1,8-9H,5-7,14H2,2-3H3;1H. The van der Waals surface area contributed by atoms with Crippen molar-refractivity contribution in [1.29, 1.82) is 0 Å². The number of ether oxygens (including phenoxy) is 2. The van der Waals surface area contributed by atoms with E-state index >= 15 is 0 Å². The Morgan fingerprint density at radius 1 is 1.28 bits per heavy atom. The maximum Gasteiger partial charge on any atom is 0.132 e. The van der Waals surface area contributed by atoms with E-state index < -0.39 is 0 Å². The minimum absolute atomic E-state index is 0. The molecule has 3 nitrogen and oxygen atoms in total. The van der Waals surface area contributed by atoms with Crippen LogP contribution in [0.2, 0.25) is 0 Å². The highest BCUT2D eigenvalue weighted by atomic mass is 35.5. The predicted octanol–water partition coefficient (Wildman–Crippen LogP) is 2.35. The van der Waals surface area contributed by atoms with E-state index in [0.717, 1.165) is 28.4 Å².